The van der Waals surface area contributed by atoms with E-state index in [9.17, 15) is 9.18 Å². The number of fused-ring (bicyclic) bond motifs is 1. The van der Waals surface area contributed by atoms with Gasteiger partial charge >= 0.3 is 5.97 Å². The van der Waals surface area contributed by atoms with Crippen LogP contribution in [-0.4, -0.2) is 12.6 Å². The first-order valence-corrected chi connectivity index (χ1v) is 7.02. The molecule has 1 aromatic carbocycles. The third-order valence-electron chi connectivity index (χ3n) is 4.70. The van der Waals surface area contributed by atoms with E-state index >= 15 is 0 Å². The maximum absolute atomic E-state index is 13.5. The van der Waals surface area contributed by atoms with Gasteiger partial charge in [0, 0.05) is 5.92 Å². The molecule has 0 aromatic heterocycles. The molecule has 0 amide bonds. The minimum absolute atomic E-state index is 0.122. The van der Waals surface area contributed by atoms with Crippen LogP contribution in [-0.2, 0) is 16.0 Å². The van der Waals surface area contributed by atoms with Gasteiger partial charge in [0.1, 0.15) is 5.82 Å². The minimum atomic E-state index is -0.211. The molecule has 1 saturated carbocycles. The van der Waals surface area contributed by atoms with Crippen molar-refractivity contribution in [3.63, 3.8) is 0 Å². The number of benzene rings is 1. The van der Waals surface area contributed by atoms with Crippen molar-refractivity contribution in [2.24, 2.45) is 11.3 Å². The smallest absolute Gasteiger partial charge is 0.309 e. The van der Waals surface area contributed by atoms with E-state index in [1.807, 2.05) is 19.9 Å². The predicted octanol–water partition coefficient (Wildman–Crippen LogP) is 3.44. The van der Waals surface area contributed by atoms with E-state index in [0.29, 0.717) is 6.61 Å². The molecule has 2 aliphatic carbocycles. The van der Waals surface area contributed by atoms with Crippen LogP contribution in [0.5, 0.6) is 0 Å². The second-order valence-electron chi connectivity index (χ2n) is 5.90. The summed E-state index contributed by atoms with van der Waals surface area (Å²) in [6, 6.07) is 5.01. The summed E-state index contributed by atoms with van der Waals surface area (Å²) in [5, 5.41) is 0. The van der Waals surface area contributed by atoms with Crippen LogP contribution < -0.4 is 0 Å². The Morgan fingerprint density at radius 2 is 2.26 bits per heavy atom. The lowest BCUT2D eigenvalue weighted by molar-refractivity contribution is -0.148. The first kappa shape index (κ1) is 12.6. The predicted molar refractivity (Wildman–Crippen MR) is 70.3 cm³/mol. The zero-order valence-electron chi connectivity index (χ0n) is 11.4. The number of esters is 1. The van der Waals surface area contributed by atoms with Crippen LogP contribution in [0.2, 0.25) is 0 Å². The second-order valence-corrected chi connectivity index (χ2v) is 5.90. The van der Waals surface area contributed by atoms with E-state index in [1.54, 1.807) is 6.07 Å². The average Bonchev–Trinajstić information content (AvgIpc) is 3.05. The van der Waals surface area contributed by atoms with E-state index in [4.69, 9.17) is 4.74 Å². The summed E-state index contributed by atoms with van der Waals surface area (Å²) >= 11 is 0. The van der Waals surface area contributed by atoms with Gasteiger partial charge in [0.2, 0.25) is 0 Å². The molecule has 1 fully saturated rings. The van der Waals surface area contributed by atoms with E-state index < -0.39 is 0 Å². The van der Waals surface area contributed by atoms with Crippen molar-refractivity contribution in [1.82, 2.24) is 0 Å². The van der Waals surface area contributed by atoms with Crippen LogP contribution >= 0.6 is 0 Å². The lowest BCUT2D eigenvalue weighted by atomic mass is 9.80. The summed E-state index contributed by atoms with van der Waals surface area (Å²) in [7, 11) is 0. The standard InChI is InChI=1S/C16H19FO2/c1-3-19-15(18)10(2)14-13-8-12(17)5-4-11(13)9-16(14)6-7-16/h4-5,8,10,14H,3,6-7,9H2,1-2H3/t10-,14?/m0/s1. The van der Waals surface area contributed by atoms with Gasteiger partial charge in [0.15, 0.2) is 0 Å². The Labute approximate surface area is 113 Å². The zero-order chi connectivity index (χ0) is 13.6. The Bertz CT molecular complexity index is 519. The summed E-state index contributed by atoms with van der Waals surface area (Å²) in [6.45, 7) is 4.14. The van der Waals surface area contributed by atoms with Crippen molar-refractivity contribution in [3.8, 4) is 0 Å². The van der Waals surface area contributed by atoms with Gasteiger partial charge in [-0.3, -0.25) is 4.79 Å². The molecule has 1 aromatic rings. The van der Waals surface area contributed by atoms with Crippen LogP contribution in [0.15, 0.2) is 18.2 Å². The molecule has 19 heavy (non-hydrogen) atoms. The number of rotatable bonds is 3. The quantitative estimate of drug-likeness (QED) is 0.780. The van der Waals surface area contributed by atoms with Crippen LogP contribution in [0.3, 0.4) is 0 Å². The Kier molecular flexibility index (Phi) is 2.88. The minimum Gasteiger partial charge on any atom is -0.466 e. The van der Waals surface area contributed by atoms with Gasteiger partial charge < -0.3 is 4.74 Å². The zero-order valence-corrected chi connectivity index (χ0v) is 11.4. The van der Waals surface area contributed by atoms with Crippen molar-refractivity contribution in [1.29, 1.82) is 0 Å². The van der Waals surface area contributed by atoms with Crippen molar-refractivity contribution >= 4 is 5.97 Å². The third kappa shape index (κ3) is 1.96. The molecule has 2 aliphatic rings. The second kappa shape index (κ2) is 4.32. The maximum atomic E-state index is 13.5. The summed E-state index contributed by atoms with van der Waals surface area (Å²) in [4.78, 5) is 12.0. The van der Waals surface area contributed by atoms with Crippen LogP contribution in [0.25, 0.3) is 0 Å². The molecule has 3 rings (SSSR count). The fourth-order valence-electron chi connectivity index (χ4n) is 3.69. The molecule has 102 valence electrons. The normalized spacial score (nSPS) is 24.1. The average molecular weight is 262 g/mol. The molecule has 1 spiro atoms. The van der Waals surface area contributed by atoms with Gasteiger partial charge in [-0.2, -0.15) is 0 Å². The van der Waals surface area contributed by atoms with Crippen molar-refractivity contribution in [3.05, 3.63) is 35.1 Å². The Morgan fingerprint density at radius 1 is 1.53 bits per heavy atom. The van der Waals surface area contributed by atoms with E-state index in [1.165, 1.54) is 11.6 Å². The molecule has 2 nitrogen and oxygen atoms in total. The van der Waals surface area contributed by atoms with Gasteiger partial charge in [0.25, 0.3) is 0 Å². The van der Waals surface area contributed by atoms with Crippen LogP contribution in [0.4, 0.5) is 4.39 Å². The van der Waals surface area contributed by atoms with E-state index in [2.05, 4.69) is 0 Å². The molecule has 1 unspecified atom stereocenters. The van der Waals surface area contributed by atoms with E-state index in [0.717, 1.165) is 24.8 Å². The number of ether oxygens (including phenoxy) is 1. The molecule has 2 atom stereocenters. The largest absolute Gasteiger partial charge is 0.466 e. The summed E-state index contributed by atoms with van der Waals surface area (Å²) in [6.07, 6.45) is 3.26. The highest BCUT2D eigenvalue weighted by Crippen LogP contribution is 2.65. The number of halogens is 1. The maximum Gasteiger partial charge on any atom is 0.309 e. The molecular formula is C16H19FO2. The molecular weight excluding hydrogens is 243 g/mol. The monoisotopic (exact) mass is 262 g/mol. The van der Waals surface area contributed by atoms with Gasteiger partial charge in [-0.05, 0) is 54.9 Å². The topological polar surface area (TPSA) is 26.3 Å². The van der Waals surface area contributed by atoms with E-state index in [-0.39, 0.29) is 29.0 Å². The fraction of sp³-hybridized carbons (Fsp3) is 0.562. The van der Waals surface area contributed by atoms with Crippen molar-refractivity contribution < 1.29 is 13.9 Å². The van der Waals surface area contributed by atoms with Gasteiger partial charge in [-0.25, -0.2) is 4.39 Å². The molecule has 3 heteroatoms. The van der Waals surface area contributed by atoms with Crippen molar-refractivity contribution in [2.45, 2.75) is 39.0 Å². The summed E-state index contributed by atoms with van der Waals surface area (Å²) in [5.41, 5.74) is 2.43. The molecule has 0 saturated heterocycles. The molecule has 0 heterocycles. The van der Waals surface area contributed by atoms with Gasteiger partial charge in [-0.15, -0.1) is 0 Å². The number of carbonyl (C=O) groups is 1. The lowest BCUT2D eigenvalue weighted by Crippen LogP contribution is -2.26. The lowest BCUT2D eigenvalue weighted by Gasteiger charge is -2.25. The highest BCUT2D eigenvalue weighted by molar-refractivity contribution is 5.74. The number of carbonyl (C=O) groups excluding carboxylic acids is 1. The number of hydrogen-bond donors (Lipinski definition) is 0. The third-order valence-corrected chi connectivity index (χ3v) is 4.70. The Morgan fingerprint density at radius 3 is 2.89 bits per heavy atom. The first-order chi connectivity index (χ1) is 9.07. The first-order valence-electron chi connectivity index (χ1n) is 7.02. The highest BCUT2D eigenvalue weighted by atomic mass is 19.1. The fourth-order valence-corrected chi connectivity index (χ4v) is 3.69. The summed E-state index contributed by atoms with van der Waals surface area (Å²) < 4.78 is 18.7. The summed E-state index contributed by atoms with van der Waals surface area (Å²) in [5.74, 6) is -0.434. The SMILES string of the molecule is CCOC(=O)[C@@H](C)C1c2cc(F)ccc2CC12CC2. The van der Waals surface area contributed by atoms with Crippen molar-refractivity contribution in [2.75, 3.05) is 6.61 Å². The van der Waals surface area contributed by atoms with Gasteiger partial charge in [0.05, 0.1) is 12.5 Å². The Hall–Kier alpha value is -1.38. The number of hydrogen-bond acceptors (Lipinski definition) is 2. The molecule has 0 N–H and O–H groups in total. The molecule has 0 bridgehead atoms. The van der Waals surface area contributed by atoms with Crippen LogP contribution in [0, 0.1) is 17.2 Å². The highest BCUT2D eigenvalue weighted by Gasteiger charge is 2.57. The van der Waals surface area contributed by atoms with Crippen LogP contribution in [0.1, 0.15) is 43.7 Å². The molecule has 0 aliphatic heterocycles. The molecule has 0 radical (unpaired) electrons. The Balaban J connectivity index is 1.96. The van der Waals surface area contributed by atoms with Gasteiger partial charge in [-0.1, -0.05) is 13.0 Å².